The van der Waals surface area contributed by atoms with Crippen LogP contribution < -0.4 is 14.8 Å². The lowest BCUT2D eigenvalue weighted by atomic mass is 9.97. The van der Waals surface area contributed by atoms with Crippen LogP contribution in [0.3, 0.4) is 0 Å². The van der Waals surface area contributed by atoms with Crippen molar-refractivity contribution in [3.05, 3.63) is 46.2 Å². The first-order valence-electron chi connectivity index (χ1n) is 10.8. The lowest BCUT2D eigenvalue weighted by molar-refractivity contribution is 0.170. The van der Waals surface area contributed by atoms with E-state index in [1.165, 1.54) is 30.6 Å². The van der Waals surface area contributed by atoms with Crippen molar-refractivity contribution < 1.29 is 14.3 Å². The van der Waals surface area contributed by atoms with E-state index in [4.69, 9.17) is 9.47 Å². The molecule has 2 atom stereocenters. The van der Waals surface area contributed by atoms with E-state index >= 15 is 0 Å². The van der Waals surface area contributed by atoms with Gasteiger partial charge in [-0.3, -0.25) is 0 Å². The van der Waals surface area contributed by atoms with E-state index in [0.717, 1.165) is 36.4 Å². The van der Waals surface area contributed by atoms with E-state index in [0.29, 0.717) is 19.1 Å². The minimum atomic E-state index is 0.0627. The molecule has 3 heterocycles. The summed E-state index contributed by atoms with van der Waals surface area (Å²) >= 11 is 1.75. The van der Waals surface area contributed by atoms with Crippen LogP contribution in [0.1, 0.15) is 61.0 Å². The number of carbonyl (C=O) groups is 1. The van der Waals surface area contributed by atoms with Crippen LogP contribution >= 0.6 is 11.3 Å². The molecule has 6 heteroatoms. The van der Waals surface area contributed by atoms with Crippen LogP contribution in [-0.2, 0) is 0 Å². The number of ether oxygens (including phenoxy) is 2. The van der Waals surface area contributed by atoms with Gasteiger partial charge < -0.3 is 19.7 Å². The van der Waals surface area contributed by atoms with Gasteiger partial charge in [0.15, 0.2) is 11.5 Å². The number of benzene rings is 1. The van der Waals surface area contributed by atoms with E-state index in [1.54, 1.807) is 11.3 Å². The molecular weight excluding hydrogens is 384 g/mol. The monoisotopic (exact) mass is 412 g/mol. The number of hydrogen-bond donors (Lipinski definition) is 1. The SMILES string of the molecule is O=C(NC(c1cccs1)C1CCCC1)N1CCCC1c1ccc2c(c1)OCCO2. The molecule has 3 aliphatic rings. The third-order valence-corrected chi connectivity index (χ3v) is 7.42. The Morgan fingerprint density at radius 3 is 2.69 bits per heavy atom. The lowest BCUT2D eigenvalue weighted by Gasteiger charge is -2.30. The Bertz CT molecular complexity index is 848. The molecule has 2 aromatic rings. The number of hydrogen-bond acceptors (Lipinski definition) is 4. The number of likely N-dealkylation sites (tertiary alicyclic amines) is 1. The van der Waals surface area contributed by atoms with Gasteiger partial charge in [-0.2, -0.15) is 0 Å². The van der Waals surface area contributed by atoms with Crippen molar-refractivity contribution in [1.82, 2.24) is 10.2 Å². The average molecular weight is 413 g/mol. The molecule has 1 saturated carbocycles. The number of carbonyl (C=O) groups excluding carboxylic acids is 1. The van der Waals surface area contributed by atoms with Gasteiger partial charge in [0.1, 0.15) is 13.2 Å². The Morgan fingerprint density at radius 1 is 1.07 bits per heavy atom. The predicted octanol–water partition coefficient (Wildman–Crippen LogP) is 5.30. The van der Waals surface area contributed by atoms with Crippen LogP contribution in [-0.4, -0.2) is 30.7 Å². The third-order valence-electron chi connectivity index (χ3n) is 6.46. The van der Waals surface area contributed by atoms with Crippen molar-refractivity contribution in [2.24, 2.45) is 5.92 Å². The zero-order chi connectivity index (χ0) is 19.6. The number of fused-ring (bicyclic) bond motifs is 1. The van der Waals surface area contributed by atoms with Gasteiger partial charge in [0.2, 0.25) is 0 Å². The fourth-order valence-electron chi connectivity index (χ4n) is 5.02. The summed E-state index contributed by atoms with van der Waals surface area (Å²) in [6.07, 6.45) is 6.96. The minimum absolute atomic E-state index is 0.0627. The van der Waals surface area contributed by atoms with Crippen molar-refractivity contribution in [3.63, 3.8) is 0 Å². The molecule has 2 aliphatic heterocycles. The van der Waals surface area contributed by atoms with Crippen LogP contribution in [0.2, 0.25) is 0 Å². The zero-order valence-electron chi connectivity index (χ0n) is 16.6. The van der Waals surface area contributed by atoms with Crippen molar-refractivity contribution in [3.8, 4) is 11.5 Å². The molecule has 1 aliphatic carbocycles. The largest absolute Gasteiger partial charge is 0.486 e. The van der Waals surface area contributed by atoms with E-state index in [1.807, 2.05) is 11.0 Å². The first-order valence-corrected chi connectivity index (χ1v) is 11.7. The number of urea groups is 1. The maximum atomic E-state index is 13.3. The van der Waals surface area contributed by atoms with Crippen LogP contribution in [0.15, 0.2) is 35.7 Å². The molecule has 1 saturated heterocycles. The van der Waals surface area contributed by atoms with E-state index in [-0.39, 0.29) is 18.1 Å². The zero-order valence-corrected chi connectivity index (χ0v) is 17.5. The highest BCUT2D eigenvalue weighted by Crippen LogP contribution is 2.40. The maximum absolute atomic E-state index is 13.3. The summed E-state index contributed by atoms with van der Waals surface area (Å²) in [6.45, 7) is 1.97. The topological polar surface area (TPSA) is 50.8 Å². The van der Waals surface area contributed by atoms with Gasteiger partial charge in [-0.25, -0.2) is 4.79 Å². The van der Waals surface area contributed by atoms with Gasteiger partial charge in [0.05, 0.1) is 12.1 Å². The minimum Gasteiger partial charge on any atom is -0.486 e. The average Bonchev–Trinajstić information content (AvgIpc) is 3.53. The molecule has 29 heavy (non-hydrogen) atoms. The summed E-state index contributed by atoms with van der Waals surface area (Å²) < 4.78 is 11.4. The summed E-state index contributed by atoms with van der Waals surface area (Å²) in [4.78, 5) is 16.6. The van der Waals surface area contributed by atoms with Crippen molar-refractivity contribution in [2.45, 2.75) is 50.6 Å². The molecule has 1 N–H and O–H groups in total. The Labute approximate surface area is 176 Å². The molecule has 2 amide bonds. The first kappa shape index (κ1) is 18.8. The molecule has 5 rings (SSSR count). The van der Waals surface area contributed by atoms with Gasteiger partial charge in [-0.05, 0) is 60.7 Å². The van der Waals surface area contributed by atoms with Crippen molar-refractivity contribution in [1.29, 1.82) is 0 Å². The number of amides is 2. The molecule has 0 radical (unpaired) electrons. The fraction of sp³-hybridized carbons (Fsp3) is 0.522. The number of nitrogens with one attached hydrogen (secondary N) is 1. The van der Waals surface area contributed by atoms with Crippen LogP contribution in [0.25, 0.3) is 0 Å². The van der Waals surface area contributed by atoms with Gasteiger partial charge in [0.25, 0.3) is 0 Å². The summed E-state index contributed by atoms with van der Waals surface area (Å²) in [5.74, 6) is 2.14. The third kappa shape index (κ3) is 3.82. The molecule has 0 bridgehead atoms. The van der Waals surface area contributed by atoms with Crippen molar-refractivity contribution in [2.75, 3.05) is 19.8 Å². The number of rotatable bonds is 4. The summed E-state index contributed by atoms with van der Waals surface area (Å²) in [5, 5.41) is 5.52. The molecular formula is C23H28N2O3S. The first-order chi connectivity index (χ1) is 14.3. The van der Waals surface area contributed by atoms with Crippen LogP contribution in [0.5, 0.6) is 11.5 Å². The Morgan fingerprint density at radius 2 is 1.90 bits per heavy atom. The Balaban J connectivity index is 1.34. The smallest absolute Gasteiger partial charge is 0.318 e. The quantitative estimate of drug-likeness (QED) is 0.742. The highest BCUT2D eigenvalue weighted by molar-refractivity contribution is 7.10. The summed E-state index contributed by atoms with van der Waals surface area (Å²) in [7, 11) is 0. The predicted molar refractivity (Wildman–Crippen MR) is 114 cm³/mol. The summed E-state index contributed by atoms with van der Waals surface area (Å²) in [6, 6.07) is 10.6. The second kappa shape index (κ2) is 8.27. The lowest BCUT2D eigenvalue weighted by Crippen LogP contribution is -2.42. The van der Waals surface area contributed by atoms with E-state index in [9.17, 15) is 4.79 Å². The highest BCUT2D eigenvalue weighted by atomic mass is 32.1. The van der Waals surface area contributed by atoms with E-state index < -0.39 is 0 Å². The van der Waals surface area contributed by atoms with Crippen LogP contribution in [0.4, 0.5) is 4.79 Å². The van der Waals surface area contributed by atoms with Gasteiger partial charge in [0, 0.05) is 11.4 Å². The Kier molecular flexibility index (Phi) is 5.36. The molecule has 0 spiro atoms. The number of thiophene rings is 1. The molecule has 154 valence electrons. The van der Waals surface area contributed by atoms with Gasteiger partial charge in [-0.15, -0.1) is 11.3 Å². The van der Waals surface area contributed by atoms with Gasteiger partial charge >= 0.3 is 6.03 Å². The standard InChI is InChI=1S/C23H28N2O3S/c26-23(24-22(16-5-1-2-6-16)21-8-4-14-29-21)25-11-3-7-18(25)17-9-10-19-20(15-17)28-13-12-27-19/h4,8-10,14-16,18,22H,1-3,5-7,11-13H2,(H,24,26). The normalized spacial score (nSPS) is 22.6. The van der Waals surface area contributed by atoms with Crippen LogP contribution in [0, 0.1) is 5.92 Å². The molecule has 1 aromatic heterocycles. The maximum Gasteiger partial charge on any atom is 0.318 e. The summed E-state index contributed by atoms with van der Waals surface area (Å²) in [5.41, 5.74) is 1.13. The fourth-order valence-corrected chi connectivity index (χ4v) is 5.89. The van der Waals surface area contributed by atoms with Crippen molar-refractivity contribution >= 4 is 17.4 Å². The molecule has 5 nitrogen and oxygen atoms in total. The second-order valence-corrected chi connectivity index (χ2v) is 9.22. The number of nitrogens with zero attached hydrogens (tertiary/aromatic N) is 1. The van der Waals surface area contributed by atoms with E-state index in [2.05, 4.69) is 35.0 Å². The molecule has 1 aromatic carbocycles. The Hall–Kier alpha value is -2.21. The molecule has 2 fully saturated rings. The second-order valence-electron chi connectivity index (χ2n) is 8.24. The highest BCUT2D eigenvalue weighted by Gasteiger charge is 2.34. The molecule has 2 unspecified atom stereocenters. The van der Waals surface area contributed by atoms with Gasteiger partial charge in [-0.1, -0.05) is 25.0 Å².